The lowest BCUT2D eigenvalue weighted by atomic mass is 9.93. The number of benzene rings is 1. The summed E-state index contributed by atoms with van der Waals surface area (Å²) < 4.78 is 16.7. The third kappa shape index (κ3) is 5.32. The van der Waals surface area contributed by atoms with Crippen LogP contribution in [0, 0.1) is 6.92 Å². The number of aromatic nitrogens is 2. The molecular formula is C20H25N3O4. The second-order valence-electron chi connectivity index (χ2n) is 6.58. The number of para-hydroxylation sites is 1. The first-order valence-electron chi connectivity index (χ1n) is 9.15. The van der Waals surface area contributed by atoms with Gasteiger partial charge in [-0.25, -0.2) is 9.97 Å². The summed E-state index contributed by atoms with van der Waals surface area (Å²) in [6.45, 7) is 1.98. The molecule has 0 unspecified atom stereocenters. The number of amides is 1. The summed E-state index contributed by atoms with van der Waals surface area (Å²) in [6, 6.07) is 7.81. The van der Waals surface area contributed by atoms with Crippen molar-refractivity contribution in [3.8, 4) is 17.5 Å². The maximum atomic E-state index is 12.1. The third-order valence-corrected chi connectivity index (χ3v) is 4.60. The first kappa shape index (κ1) is 18.9. The molecule has 27 heavy (non-hydrogen) atoms. The van der Waals surface area contributed by atoms with Crippen molar-refractivity contribution in [2.75, 3.05) is 13.7 Å². The number of carbonyl (C=O) groups excluding carboxylic acids is 1. The van der Waals surface area contributed by atoms with Gasteiger partial charge in [0, 0.05) is 18.4 Å². The second-order valence-corrected chi connectivity index (χ2v) is 6.58. The quantitative estimate of drug-likeness (QED) is 0.806. The van der Waals surface area contributed by atoms with Gasteiger partial charge < -0.3 is 19.5 Å². The van der Waals surface area contributed by atoms with Crippen molar-refractivity contribution in [2.45, 2.75) is 44.8 Å². The van der Waals surface area contributed by atoms with E-state index in [9.17, 15) is 4.79 Å². The Kier molecular flexibility index (Phi) is 6.46. The minimum atomic E-state index is -0.0989. The van der Waals surface area contributed by atoms with Gasteiger partial charge in [-0.15, -0.1) is 0 Å². The molecule has 144 valence electrons. The lowest BCUT2D eigenvalue weighted by Crippen LogP contribution is -2.41. The highest BCUT2D eigenvalue weighted by atomic mass is 16.5. The van der Waals surface area contributed by atoms with Gasteiger partial charge in [0.15, 0.2) is 6.61 Å². The van der Waals surface area contributed by atoms with Gasteiger partial charge in [0.1, 0.15) is 11.9 Å². The van der Waals surface area contributed by atoms with Crippen LogP contribution >= 0.6 is 0 Å². The zero-order valence-corrected chi connectivity index (χ0v) is 15.7. The fourth-order valence-electron chi connectivity index (χ4n) is 3.15. The summed E-state index contributed by atoms with van der Waals surface area (Å²) in [5.74, 6) is 1.45. The summed E-state index contributed by atoms with van der Waals surface area (Å²) in [4.78, 5) is 20.4. The van der Waals surface area contributed by atoms with Crippen LogP contribution in [0.15, 0.2) is 36.7 Å². The highest BCUT2D eigenvalue weighted by Crippen LogP contribution is 2.27. The van der Waals surface area contributed by atoms with Crippen LogP contribution in [-0.4, -0.2) is 41.7 Å². The second kappa shape index (κ2) is 9.21. The smallest absolute Gasteiger partial charge is 0.278 e. The number of hydrogen-bond acceptors (Lipinski definition) is 6. The van der Waals surface area contributed by atoms with Crippen LogP contribution in [0.4, 0.5) is 0 Å². The van der Waals surface area contributed by atoms with Crippen molar-refractivity contribution in [3.63, 3.8) is 0 Å². The Bertz CT molecular complexity index is 760. The van der Waals surface area contributed by atoms with E-state index in [-0.39, 0.29) is 24.7 Å². The Hall–Kier alpha value is -2.83. The number of carbonyl (C=O) groups is 1. The molecule has 0 atom stereocenters. The Morgan fingerprint density at radius 3 is 2.52 bits per heavy atom. The first-order chi connectivity index (χ1) is 13.2. The molecule has 0 radical (unpaired) electrons. The first-order valence-corrected chi connectivity index (χ1v) is 9.15. The van der Waals surface area contributed by atoms with Crippen molar-refractivity contribution in [2.24, 2.45) is 0 Å². The number of nitrogens with zero attached hydrogens (tertiary/aromatic N) is 2. The SMILES string of the molecule is COc1nccnc1OC1CCC(NC(=O)COc2ccccc2C)CC1. The maximum Gasteiger partial charge on any atom is 0.278 e. The molecule has 1 aromatic heterocycles. The van der Waals surface area contributed by atoms with Gasteiger partial charge >= 0.3 is 0 Å². The van der Waals surface area contributed by atoms with Gasteiger partial charge in [0.2, 0.25) is 0 Å². The molecule has 1 N–H and O–H groups in total. The lowest BCUT2D eigenvalue weighted by Gasteiger charge is -2.29. The van der Waals surface area contributed by atoms with Crippen LogP contribution in [0.5, 0.6) is 17.5 Å². The van der Waals surface area contributed by atoms with Crippen LogP contribution in [0.1, 0.15) is 31.2 Å². The van der Waals surface area contributed by atoms with Crippen LogP contribution in [0.3, 0.4) is 0 Å². The predicted molar refractivity (Wildman–Crippen MR) is 100 cm³/mol. The third-order valence-electron chi connectivity index (χ3n) is 4.60. The molecule has 7 nitrogen and oxygen atoms in total. The maximum absolute atomic E-state index is 12.1. The fourth-order valence-corrected chi connectivity index (χ4v) is 3.15. The van der Waals surface area contributed by atoms with Crippen molar-refractivity contribution in [3.05, 3.63) is 42.2 Å². The molecular weight excluding hydrogens is 346 g/mol. The van der Waals surface area contributed by atoms with Crippen molar-refractivity contribution in [1.82, 2.24) is 15.3 Å². The van der Waals surface area contributed by atoms with E-state index < -0.39 is 0 Å². The van der Waals surface area contributed by atoms with Gasteiger partial charge in [0.25, 0.3) is 17.7 Å². The summed E-state index contributed by atoms with van der Waals surface area (Å²) >= 11 is 0. The average molecular weight is 371 g/mol. The number of rotatable bonds is 7. The van der Waals surface area contributed by atoms with Gasteiger partial charge in [-0.05, 0) is 44.2 Å². The zero-order chi connectivity index (χ0) is 19.1. The standard InChI is InChI=1S/C20H25N3O4/c1-14-5-3-4-6-17(14)26-13-18(24)23-15-7-9-16(10-8-15)27-20-19(25-2)21-11-12-22-20/h3-6,11-12,15-16H,7-10,13H2,1-2H3,(H,23,24). The topological polar surface area (TPSA) is 82.6 Å². The van der Waals surface area contributed by atoms with Crippen LogP contribution < -0.4 is 19.5 Å². The number of methoxy groups -OCH3 is 1. The molecule has 1 aliphatic carbocycles. The molecule has 1 heterocycles. The Morgan fingerprint density at radius 2 is 1.81 bits per heavy atom. The molecule has 0 spiro atoms. The molecule has 3 rings (SSSR count). The monoisotopic (exact) mass is 371 g/mol. The van der Waals surface area contributed by atoms with E-state index in [1.807, 2.05) is 31.2 Å². The Balaban J connectivity index is 1.41. The molecule has 1 fully saturated rings. The van der Waals surface area contributed by atoms with Gasteiger partial charge in [0.05, 0.1) is 7.11 Å². The minimum absolute atomic E-state index is 0.0259. The van der Waals surface area contributed by atoms with E-state index in [4.69, 9.17) is 14.2 Å². The Labute approximate surface area is 159 Å². The van der Waals surface area contributed by atoms with Gasteiger partial charge in [-0.2, -0.15) is 0 Å². The normalized spacial score (nSPS) is 19.2. The summed E-state index contributed by atoms with van der Waals surface area (Å²) in [5.41, 5.74) is 1.02. The van der Waals surface area contributed by atoms with E-state index in [2.05, 4.69) is 15.3 Å². The van der Waals surface area contributed by atoms with Crippen LogP contribution in [0.2, 0.25) is 0 Å². The van der Waals surface area contributed by atoms with E-state index in [0.29, 0.717) is 11.8 Å². The highest BCUT2D eigenvalue weighted by Gasteiger charge is 2.25. The summed E-state index contributed by atoms with van der Waals surface area (Å²) in [7, 11) is 1.54. The van der Waals surface area contributed by atoms with Gasteiger partial charge in [-0.1, -0.05) is 18.2 Å². The molecule has 1 saturated carbocycles. The zero-order valence-electron chi connectivity index (χ0n) is 15.7. The van der Waals surface area contributed by atoms with E-state index in [1.54, 1.807) is 19.5 Å². The Morgan fingerprint density at radius 1 is 1.11 bits per heavy atom. The van der Waals surface area contributed by atoms with Crippen molar-refractivity contribution < 1.29 is 19.0 Å². The van der Waals surface area contributed by atoms with Crippen molar-refractivity contribution in [1.29, 1.82) is 0 Å². The largest absolute Gasteiger partial charge is 0.484 e. The molecule has 1 aromatic carbocycles. The molecule has 2 aromatic rings. The number of ether oxygens (including phenoxy) is 3. The molecule has 1 aliphatic rings. The minimum Gasteiger partial charge on any atom is -0.484 e. The summed E-state index contributed by atoms with van der Waals surface area (Å²) in [5, 5.41) is 3.04. The highest BCUT2D eigenvalue weighted by molar-refractivity contribution is 5.77. The van der Waals surface area contributed by atoms with Gasteiger partial charge in [-0.3, -0.25) is 4.79 Å². The predicted octanol–water partition coefficient (Wildman–Crippen LogP) is 2.68. The van der Waals surface area contributed by atoms with Crippen LogP contribution in [0.25, 0.3) is 0 Å². The number of aryl methyl sites for hydroxylation is 1. The number of hydrogen-bond donors (Lipinski definition) is 1. The van der Waals surface area contributed by atoms with E-state index >= 15 is 0 Å². The fraction of sp³-hybridized carbons (Fsp3) is 0.450. The molecule has 7 heteroatoms. The average Bonchev–Trinajstić information content (AvgIpc) is 2.69. The molecule has 1 amide bonds. The van der Waals surface area contributed by atoms with E-state index in [0.717, 1.165) is 37.0 Å². The molecule has 0 saturated heterocycles. The van der Waals surface area contributed by atoms with Crippen molar-refractivity contribution >= 4 is 5.91 Å². The molecule has 0 bridgehead atoms. The molecule has 0 aliphatic heterocycles. The lowest BCUT2D eigenvalue weighted by molar-refractivity contribution is -0.124. The summed E-state index contributed by atoms with van der Waals surface area (Å²) in [6.07, 6.45) is 6.57. The van der Waals surface area contributed by atoms with E-state index in [1.165, 1.54) is 0 Å². The number of nitrogens with one attached hydrogen (secondary N) is 1. The van der Waals surface area contributed by atoms with Crippen LogP contribution in [-0.2, 0) is 4.79 Å².